The highest BCUT2D eigenvalue weighted by Gasteiger charge is 2.35. The van der Waals surface area contributed by atoms with Crippen molar-refractivity contribution in [1.29, 1.82) is 0 Å². The van der Waals surface area contributed by atoms with Crippen LogP contribution in [0.3, 0.4) is 0 Å². The van der Waals surface area contributed by atoms with E-state index in [0.29, 0.717) is 5.92 Å². The zero-order chi connectivity index (χ0) is 14.4. The van der Waals surface area contributed by atoms with Gasteiger partial charge in [-0.1, -0.05) is 13.3 Å². The summed E-state index contributed by atoms with van der Waals surface area (Å²) in [5, 5.41) is 36.8. The third kappa shape index (κ3) is 4.19. The second kappa shape index (κ2) is 8.10. The molecule has 0 radical (unpaired) electrons. The van der Waals surface area contributed by atoms with E-state index in [0.717, 1.165) is 19.3 Å². The summed E-state index contributed by atoms with van der Waals surface area (Å²) < 4.78 is 8.07. The van der Waals surface area contributed by atoms with E-state index in [-0.39, 0.29) is 56.5 Å². The Morgan fingerprint density at radius 1 is 1.00 bits per heavy atom. The fourth-order valence-corrected chi connectivity index (χ4v) is 3.07. The monoisotopic (exact) mass is 261 g/mol. The minimum atomic E-state index is -0.123. The standard InChI is InChI=1S/C14H28O4/c1-10-2-3-13(4-11(6-15)7-16)14(10)5-12(8-17)9-18/h10-18H,2-9H2,1H3/i2D. The summed E-state index contributed by atoms with van der Waals surface area (Å²) in [4.78, 5) is 0. The fraction of sp³-hybridized carbons (Fsp3) is 1.00. The summed E-state index contributed by atoms with van der Waals surface area (Å²) in [6.45, 7) is 1.94. The van der Waals surface area contributed by atoms with E-state index in [1.165, 1.54) is 0 Å². The molecule has 18 heavy (non-hydrogen) atoms. The van der Waals surface area contributed by atoms with Crippen molar-refractivity contribution < 1.29 is 21.8 Å². The van der Waals surface area contributed by atoms with Crippen molar-refractivity contribution in [2.45, 2.75) is 32.6 Å². The zero-order valence-electron chi connectivity index (χ0n) is 12.2. The average molecular weight is 261 g/mol. The molecule has 4 unspecified atom stereocenters. The van der Waals surface area contributed by atoms with Crippen molar-refractivity contribution in [1.82, 2.24) is 0 Å². The number of aliphatic hydroxyl groups excluding tert-OH is 4. The van der Waals surface area contributed by atoms with Crippen LogP contribution >= 0.6 is 0 Å². The molecule has 1 fully saturated rings. The molecule has 1 aliphatic carbocycles. The Hall–Kier alpha value is -0.160. The van der Waals surface area contributed by atoms with Crippen LogP contribution in [-0.4, -0.2) is 46.9 Å². The van der Waals surface area contributed by atoms with E-state index in [9.17, 15) is 20.4 Å². The van der Waals surface area contributed by atoms with Gasteiger partial charge in [0.2, 0.25) is 0 Å². The topological polar surface area (TPSA) is 80.9 Å². The van der Waals surface area contributed by atoms with Gasteiger partial charge in [-0.15, -0.1) is 0 Å². The van der Waals surface area contributed by atoms with Crippen LogP contribution in [0.15, 0.2) is 0 Å². The molecule has 1 aliphatic rings. The first-order valence-corrected chi connectivity index (χ1v) is 6.92. The molecule has 4 nitrogen and oxygen atoms in total. The van der Waals surface area contributed by atoms with Crippen LogP contribution in [0.5, 0.6) is 0 Å². The zero-order valence-corrected chi connectivity index (χ0v) is 11.2. The maximum absolute atomic E-state index is 9.21. The maximum Gasteiger partial charge on any atom is 0.0481 e. The Morgan fingerprint density at radius 2 is 1.50 bits per heavy atom. The van der Waals surface area contributed by atoms with Crippen LogP contribution in [0, 0.1) is 29.6 Å². The molecule has 0 aromatic carbocycles. The summed E-state index contributed by atoms with van der Waals surface area (Å²) in [6.07, 6.45) is 2.11. The van der Waals surface area contributed by atoms with Crippen LogP contribution in [0.25, 0.3) is 0 Å². The van der Waals surface area contributed by atoms with Crippen LogP contribution < -0.4 is 0 Å². The van der Waals surface area contributed by atoms with Gasteiger partial charge in [0.15, 0.2) is 0 Å². The minimum absolute atomic E-state index is 0.0276. The van der Waals surface area contributed by atoms with Gasteiger partial charge in [0, 0.05) is 39.6 Å². The van der Waals surface area contributed by atoms with Gasteiger partial charge in [-0.3, -0.25) is 0 Å². The van der Waals surface area contributed by atoms with Crippen molar-refractivity contribution in [3.63, 3.8) is 0 Å². The lowest BCUT2D eigenvalue weighted by Gasteiger charge is -2.28. The molecule has 0 amide bonds. The molecular formula is C14H28O4. The van der Waals surface area contributed by atoms with Crippen molar-refractivity contribution in [3.8, 4) is 0 Å². The molecule has 4 N–H and O–H groups in total. The van der Waals surface area contributed by atoms with Crippen molar-refractivity contribution in [2.24, 2.45) is 29.6 Å². The molecule has 0 bridgehead atoms. The van der Waals surface area contributed by atoms with E-state index in [1.807, 2.05) is 0 Å². The van der Waals surface area contributed by atoms with E-state index in [2.05, 4.69) is 6.92 Å². The maximum atomic E-state index is 9.21. The van der Waals surface area contributed by atoms with Gasteiger partial charge in [0.25, 0.3) is 0 Å². The fourth-order valence-electron chi connectivity index (χ4n) is 3.07. The first-order valence-electron chi connectivity index (χ1n) is 7.50. The van der Waals surface area contributed by atoms with E-state index in [1.54, 1.807) is 0 Å². The van der Waals surface area contributed by atoms with Gasteiger partial charge in [-0.05, 0) is 37.0 Å². The van der Waals surface area contributed by atoms with Crippen LogP contribution in [0.2, 0.25) is 0 Å². The molecule has 0 aliphatic heterocycles. The summed E-state index contributed by atoms with van der Waals surface area (Å²) in [5.41, 5.74) is 0. The first-order chi connectivity index (χ1) is 9.07. The van der Waals surface area contributed by atoms with E-state index >= 15 is 0 Å². The van der Waals surface area contributed by atoms with Gasteiger partial charge < -0.3 is 20.4 Å². The number of hydrogen-bond donors (Lipinski definition) is 4. The second-order valence-electron chi connectivity index (χ2n) is 5.69. The molecule has 1 rings (SSSR count). The highest BCUT2D eigenvalue weighted by molar-refractivity contribution is 4.85. The molecule has 0 spiro atoms. The lowest BCUT2D eigenvalue weighted by Crippen LogP contribution is -2.25. The smallest absolute Gasteiger partial charge is 0.0481 e. The second-order valence-corrected chi connectivity index (χ2v) is 5.69. The van der Waals surface area contributed by atoms with E-state index in [4.69, 9.17) is 1.37 Å². The predicted octanol–water partition coefficient (Wildman–Crippen LogP) is 0.631. The molecule has 0 aromatic rings. The quantitative estimate of drug-likeness (QED) is 0.516. The van der Waals surface area contributed by atoms with Crippen LogP contribution in [0.4, 0.5) is 0 Å². The van der Waals surface area contributed by atoms with Gasteiger partial charge in [0.05, 0.1) is 0 Å². The van der Waals surface area contributed by atoms with Gasteiger partial charge in [0.1, 0.15) is 0 Å². The molecule has 0 aromatic heterocycles. The Balaban J connectivity index is 2.66. The lowest BCUT2D eigenvalue weighted by atomic mass is 9.79. The van der Waals surface area contributed by atoms with Crippen LogP contribution in [0.1, 0.15) is 34.0 Å². The molecule has 108 valence electrons. The molecule has 0 heterocycles. The summed E-state index contributed by atoms with van der Waals surface area (Å²) in [5.74, 6) is 0.576. The van der Waals surface area contributed by atoms with Gasteiger partial charge >= 0.3 is 0 Å². The normalized spacial score (nSPS) is 33.4. The molecule has 0 saturated heterocycles. The van der Waals surface area contributed by atoms with E-state index < -0.39 is 0 Å². The summed E-state index contributed by atoms with van der Waals surface area (Å²) >= 11 is 0. The molecule has 4 heteroatoms. The molecular weight excluding hydrogens is 232 g/mol. The predicted molar refractivity (Wildman–Crippen MR) is 69.9 cm³/mol. The first kappa shape index (κ1) is 14.3. The van der Waals surface area contributed by atoms with Gasteiger partial charge in [-0.25, -0.2) is 0 Å². The largest absolute Gasteiger partial charge is 0.396 e. The highest BCUT2D eigenvalue weighted by Crippen LogP contribution is 2.43. The molecule has 1 saturated carbocycles. The van der Waals surface area contributed by atoms with Crippen molar-refractivity contribution in [2.75, 3.05) is 26.4 Å². The highest BCUT2D eigenvalue weighted by atomic mass is 16.3. The third-order valence-corrected chi connectivity index (χ3v) is 4.37. The van der Waals surface area contributed by atoms with Crippen molar-refractivity contribution >= 4 is 0 Å². The Morgan fingerprint density at radius 3 is 2.00 bits per heavy atom. The van der Waals surface area contributed by atoms with Crippen molar-refractivity contribution in [3.05, 3.63) is 0 Å². The Labute approximate surface area is 111 Å². The lowest BCUT2D eigenvalue weighted by molar-refractivity contribution is 0.0928. The summed E-state index contributed by atoms with van der Waals surface area (Å²) in [7, 11) is 0. The Bertz CT molecular complexity index is 244. The third-order valence-electron chi connectivity index (χ3n) is 4.37. The number of rotatable bonds is 8. The minimum Gasteiger partial charge on any atom is -0.396 e. The number of aliphatic hydroxyl groups is 4. The molecule has 4 atom stereocenters. The van der Waals surface area contributed by atoms with Gasteiger partial charge in [-0.2, -0.15) is 0 Å². The SMILES string of the molecule is [2H]C1CC(CC(CO)CO)C(CC(CO)CO)C1C. The summed E-state index contributed by atoms with van der Waals surface area (Å²) in [6, 6.07) is 0. The van der Waals surface area contributed by atoms with Crippen LogP contribution in [-0.2, 0) is 0 Å². The number of hydrogen-bond acceptors (Lipinski definition) is 4. The Kier molecular flexibility index (Phi) is 6.41. The average Bonchev–Trinajstić information content (AvgIpc) is 2.68.